The number of benzene rings is 2. The number of carbonyl (C=O) groups is 1. The first kappa shape index (κ1) is 17.8. The van der Waals surface area contributed by atoms with Crippen LogP contribution in [0, 0.1) is 13.8 Å². The standard InChI is InChI=1S/C21H20N4O3/c1-12-9-13(2)18-14(10-12)11-15(20(27)24-18)19(26)22-7-8-25-17-6-4-3-5-16(17)23-21(25)28/h3-6,9-11H,7-8H2,1-2H3,(H,22,26)(H,23,28)(H,24,27). The number of nitrogens with one attached hydrogen (secondary N) is 3. The minimum absolute atomic E-state index is 0.0590. The van der Waals surface area contributed by atoms with Crippen molar-refractivity contribution in [3.63, 3.8) is 0 Å². The molecule has 28 heavy (non-hydrogen) atoms. The Morgan fingerprint density at radius 3 is 2.68 bits per heavy atom. The van der Waals surface area contributed by atoms with Crippen molar-refractivity contribution in [3.8, 4) is 0 Å². The number of fused-ring (bicyclic) bond motifs is 2. The van der Waals surface area contributed by atoms with Gasteiger partial charge in [0.05, 0.1) is 16.6 Å². The molecule has 0 aliphatic carbocycles. The van der Waals surface area contributed by atoms with E-state index < -0.39 is 11.5 Å². The predicted molar refractivity (Wildman–Crippen MR) is 109 cm³/mol. The second-order valence-corrected chi connectivity index (χ2v) is 6.91. The number of imidazole rings is 1. The monoisotopic (exact) mass is 376 g/mol. The van der Waals surface area contributed by atoms with E-state index in [4.69, 9.17) is 0 Å². The topological polar surface area (TPSA) is 99.8 Å². The molecule has 0 saturated heterocycles. The van der Waals surface area contributed by atoms with Crippen LogP contribution >= 0.6 is 0 Å². The van der Waals surface area contributed by atoms with Crippen LogP contribution in [0.25, 0.3) is 21.9 Å². The zero-order chi connectivity index (χ0) is 19.8. The van der Waals surface area contributed by atoms with Crippen LogP contribution in [0.15, 0.2) is 52.1 Å². The highest BCUT2D eigenvalue weighted by Crippen LogP contribution is 2.18. The molecule has 3 N–H and O–H groups in total. The molecule has 0 aliphatic rings. The van der Waals surface area contributed by atoms with Gasteiger partial charge < -0.3 is 15.3 Å². The number of nitrogens with zero attached hydrogens (tertiary/aromatic N) is 1. The number of rotatable bonds is 4. The Morgan fingerprint density at radius 2 is 1.86 bits per heavy atom. The van der Waals surface area contributed by atoms with Crippen molar-refractivity contribution in [1.29, 1.82) is 0 Å². The summed E-state index contributed by atoms with van der Waals surface area (Å²) in [7, 11) is 0. The molecule has 0 unspecified atom stereocenters. The molecule has 1 amide bonds. The van der Waals surface area contributed by atoms with Gasteiger partial charge in [-0.2, -0.15) is 0 Å². The smallest absolute Gasteiger partial charge is 0.326 e. The summed E-state index contributed by atoms with van der Waals surface area (Å²) in [5.41, 5.74) is 3.67. The van der Waals surface area contributed by atoms with Gasteiger partial charge in [-0.3, -0.25) is 14.2 Å². The maximum absolute atomic E-state index is 12.5. The van der Waals surface area contributed by atoms with Gasteiger partial charge in [-0.15, -0.1) is 0 Å². The molecule has 2 aromatic carbocycles. The van der Waals surface area contributed by atoms with E-state index >= 15 is 0 Å². The summed E-state index contributed by atoms with van der Waals surface area (Å²) >= 11 is 0. The molecule has 2 heterocycles. The summed E-state index contributed by atoms with van der Waals surface area (Å²) in [6.45, 7) is 4.42. The third-order valence-corrected chi connectivity index (χ3v) is 4.84. The van der Waals surface area contributed by atoms with Crippen molar-refractivity contribution >= 4 is 27.8 Å². The van der Waals surface area contributed by atoms with E-state index in [1.165, 1.54) is 0 Å². The molecule has 7 heteroatoms. The van der Waals surface area contributed by atoms with Crippen LogP contribution in [-0.2, 0) is 6.54 Å². The molecule has 0 saturated carbocycles. The second-order valence-electron chi connectivity index (χ2n) is 6.91. The number of aromatic nitrogens is 3. The van der Waals surface area contributed by atoms with Crippen LogP contribution < -0.4 is 16.6 Å². The molecular weight excluding hydrogens is 356 g/mol. The van der Waals surface area contributed by atoms with E-state index in [-0.39, 0.29) is 17.8 Å². The summed E-state index contributed by atoms with van der Waals surface area (Å²) in [6.07, 6.45) is 0. The fourth-order valence-electron chi connectivity index (χ4n) is 3.56. The first-order valence-electron chi connectivity index (χ1n) is 9.04. The predicted octanol–water partition coefficient (Wildman–Crippen LogP) is 2.22. The van der Waals surface area contributed by atoms with Crippen molar-refractivity contribution in [2.24, 2.45) is 0 Å². The van der Waals surface area contributed by atoms with E-state index in [9.17, 15) is 14.4 Å². The van der Waals surface area contributed by atoms with Crippen molar-refractivity contribution in [1.82, 2.24) is 19.9 Å². The molecule has 0 spiro atoms. The van der Waals surface area contributed by atoms with E-state index in [2.05, 4.69) is 15.3 Å². The van der Waals surface area contributed by atoms with Crippen molar-refractivity contribution < 1.29 is 4.79 Å². The third-order valence-electron chi connectivity index (χ3n) is 4.84. The molecule has 0 aliphatic heterocycles. The highest BCUT2D eigenvalue weighted by atomic mass is 16.2. The molecule has 0 atom stereocenters. The average Bonchev–Trinajstić information content (AvgIpc) is 2.97. The minimum atomic E-state index is -0.463. The summed E-state index contributed by atoms with van der Waals surface area (Å²) in [4.78, 5) is 42.5. The Kier molecular flexibility index (Phi) is 4.35. The molecule has 7 nitrogen and oxygen atoms in total. The quantitative estimate of drug-likeness (QED) is 0.509. The maximum atomic E-state index is 12.5. The van der Waals surface area contributed by atoms with Gasteiger partial charge in [0.2, 0.25) is 0 Å². The number of aromatic amines is 2. The van der Waals surface area contributed by atoms with Gasteiger partial charge in [-0.05, 0) is 49.1 Å². The lowest BCUT2D eigenvalue weighted by Gasteiger charge is -2.08. The number of pyridine rings is 1. The number of hydrogen-bond acceptors (Lipinski definition) is 3. The molecule has 0 bridgehead atoms. The van der Waals surface area contributed by atoms with Crippen LogP contribution in [0.1, 0.15) is 21.5 Å². The molecule has 142 valence electrons. The van der Waals surface area contributed by atoms with Crippen molar-refractivity contribution in [3.05, 3.63) is 80.0 Å². The second kappa shape index (κ2) is 6.84. The van der Waals surface area contributed by atoms with Gasteiger partial charge >= 0.3 is 5.69 Å². The summed E-state index contributed by atoms with van der Waals surface area (Å²) in [5, 5.41) is 3.55. The van der Waals surface area contributed by atoms with Crippen LogP contribution in [0.2, 0.25) is 0 Å². The summed E-state index contributed by atoms with van der Waals surface area (Å²) in [5.74, 6) is -0.463. The molecule has 0 radical (unpaired) electrons. The van der Waals surface area contributed by atoms with E-state index in [1.807, 2.05) is 50.2 Å². The Balaban J connectivity index is 1.55. The lowest BCUT2D eigenvalue weighted by molar-refractivity contribution is 0.0951. The Morgan fingerprint density at radius 1 is 1.07 bits per heavy atom. The van der Waals surface area contributed by atoms with Crippen LogP contribution in [0.5, 0.6) is 0 Å². The van der Waals surface area contributed by atoms with Gasteiger partial charge in [0.25, 0.3) is 11.5 Å². The SMILES string of the molecule is Cc1cc(C)c2[nH]c(=O)c(C(=O)NCCn3c(=O)[nH]c4ccccc43)cc2c1. The summed E-state index contributed by atoms with van der Waals surface area (Å²) < 4.78 is 1.56. The molecule has 4 rings (SSSR count). The number of hydrogen-bond donors (Lipinski definition) is 3. The van der Waals surface area contributed by atoms with Crippen LogP contribution in [0.3, 0.4) is 0 Å². The fraction of sp³-hybridized carbons (Fsp3) is 0.190. The largest absolute Gasteiger partial charge is 0.350 e. The van der Waals surface area contributed by atoms with Crippen molar-refractivity contribution in [2.75, 3.05) is 6.54 Å². The molecule has 4 aromatic rings. The van der Waals surface area contributed by atoms with Gasteiger partial charge in [0.1, 0.15) is 5.56 Å². The van der Waals surface area contributed by atoms with E-state index in [0.717, 1.165) is 33.1 Å². The lowest BCUT2D eigenvalue weighted by Crippen LogP contribution is -2.33. The van der Waals surface area contributed by atoms with Crippen LogP contribution in [-0.4, -0.2) is 27.0 Å². The normalized spacial score (nSPS) is 11.2. The Labute approximate surface area is 160 Å². The Hall–Kier alpha value is -3.61. The van der Waals surface area contributed by atoms with Gasteiger partial charge in [0.15, 0.2) is 0 Å². The number of amides is 1. The zero-order valence-electron chi connectivity index (χ0n) is 15.6. The lowest BCUT2D eigenvalue weighted by atomic mass is 10.1. The highest BCUT2D eigenvalue weighted by molar-refractivity contribution is 5.97. The number of carbonyl (C=O) groups excluding carboxylic acids is 1. The molecular formula is C21H20N4O3. The number of H-pyrrole nitrogens is 2. The molecule has 2 aromatic heterocycles. The fourth-order valence-corrected chi connectivity index (χ4v) is 3.56. The molecule has 0 fully saturated rings. The number of aryl methyl sites for hydroxylation is 2. The minimum Gasteiger partial charge on any atom is -0.350 e. The van der Waals surface area contributed by atoms with Crippen molar-refractivity contribution in [2.45, 2.75) is 20.4 Å². The van der Waals surface area contributed by atoms with E-state index in [1.54, 1.807) is 10.6 Å². The van der Waals surface area contributed by atoms with Gasteiger partial charge in [0, 0.05) is 13.1 Å². The van der Waals surface area contributed by atoms with E-state index in [0.29, 0.717) is 6.54 Å². The summed E-state index contributed by atoms with van der Waals surface area (Å²) in [6, 6.07) is 12.9. The first-order valence-corrected chi connectivity index (χ1v) is 9.04. The Bertz CT molecular complexity index is 1330. The van der Waals surface area contributed by atoms with Gasteiger partial charge in [-0.25, -0.2) is 4.79 Å². The maximum Gasteiger partial charge on any atom is 0.326 e. The van der Waals surface area contributed by atoms with Gasteiger partial charge in [-0.1, -0.05) is 23.8 Å². The third kappa shape index (κ3) is 3.11. The first-order chi connectivity index (χ1) is 13.4. The average molecular weight is 376 g/mol. The zero-order valence-corrected chi connectivity index (χ0v) is 15.6. The highest BCUT2D eigenvalue weighted by Gasteiger charge is 2.13. The number of para-hydroxylation sites is 2. The van der Waals surface area contributed by atoms with Crippen LogP contribution in [0.4, 0.5) is 0 Å².